The maximum atomic E-state index is 14.4. The fourth-order valence-electron chi connectivity index (χ4n) is 2.99. The van der Waals surface area contributed by atoms with Gasteiger partial charge in [0.1, 0.15) is 11.5 Å². The molecule has 2 rings (SSSR count). The molecule has 0 unspecified atom stereocenters. The number of amides is 1. The van der Waals surface area contributed by atoms with Crippen molar-refractivity contribution < 1.29 is 35.5 Å². The lowest BCUT2D eigenvalue weighted by Crippen LogP contribution is -2.21. The fourth-order valence-corrected chi connectivity index (χ4v) is 3.57. The van der Waals surface area contributed by atoms with Crippen LogP contribution in [0.5, 0.6) is 0 Å². The number of aromatic nitrogens is 1. The van der Waals surface area contributed by atoms with Crippen molar-refractivity contribution in [2.45, 2.75) is 25.6 Å². The number of carbonyl (C=O) groups is 1. The predicted molar refractivity (Wildman–Crippen MR) is 123 cm³/mol. The number of sulfonamides is 1. The Kier molecular flexibility index (Phi) is 9.39. The Labute approximate surface area is 200 Å². The second-order valence-corrected chi connectivity index (χ2v) is 9.14. The zero-order valence-corrected chi connectivity index (χ0v) is 19.7. The summed E-state index contributed by atoms with van der Waals surface area (Å²) < 4.78 is 83.1. The predicted octanol–water partition coefficient (Wildman–Crippen LogP) is 3.50. The van der Waals surface area contributed by atoms with Crippen molar-refractivity contribution in [2.24, 2.45) is 0 Å². The van der Waals surface area contributed by atoms with Crippen LogP contribution in [-0.2, 0) is 38.7 Å². The zero-order valence-electron chi connectivity index (χ0n) is 18.9. The second-order valence-electron chi connectivity index (χ2n) is 7.40. The molecule has 0 radical (unpaired) electrons. The summed E-state index contributed by atoms with van der Waals surface area (Å²) in [6.07, 6.45) is 4.67. The number of pyridine rings is 1. The molecule has 188 valence electrons. The number of benzene rings is 1. The lowest BCUT2D eigenvalue weighted by Gasteiger charge is -2.11. The number of ether oxygens (including phenoxy) is 1. The molecule has 0 atom stereocenters. The number of rotatable bonds is 10. The van der Waals surface area contributed by atoms with Crippen molar-refractivity contribution in [1.82, 2.24) is 10.3 Å². The maximum absolute atomic E-state index is 14.4. The molecule has 7 nitrogen and oxygen atoms in total. The van der Waals surface area contributed by atoms with Crippen molar-refractivity contribution in [3.63, 3.8) is 0 Å². The number of hydrogen-bond donors (Lipinski definition) is 2. The van der Waals surface area contributed by atoms with Crippen molar-refractivity contribution in [2.75, 3.05) is 24.7 Å². The van der Waals surface area contributed by atoms with Crippen molar-refractivity contribution in [3.8, 4) is 12.3 Å². The van der Waals surface area contributed by atoms with Gasteiger partial charge in [-0.05, 0) is 48.2 Å². The van der Waals surface area contributed by atoms with Crippen molar-refractivity contribution in [1.29, 1.82) is 0 Å². The van der Waals surface area contributed by atoms with Crippen LogP contribution in [0.2, 0.25) is 0 Å². The summed E-state index contributed by atoms with van der Waals surface area (Å²) in [4.78, 5) is 15.9. The van der Waals surface area contributed by atoms with E-state index in [2.05, 4.69) is 16.2 Å². The van der Waals surface area contributed by atoms with Crippen LogP contribution in [0.25, 0.3) is 6.08 Å². The molecule has 0 fully saturated rings. The third-order valence-corrected chi connectivity index (χ3v) is 5.11. The number of carbonyl (C=O) groups excluding carboxylic acids is 1. The molecule has 12 heteroatoms. The Bertz CT molecular complexity index is 1250. The summed E-state index contributed by atoms with van der Waals surface area (Å²) in [6.45, 7) is 0.191. The minimum Gasteiger partial charge on any atom is -0.385 e. The van der Waals surface area contributed by atoms with E-state index in [1.165, 1.54) is 25.3 Å². The van der Waals surface area contributed by atoms with Crippen LogP contribution in [0.1, 0.15) is 34.5 Å². The van der Waals surface area contributed by atoms with Gasteiger partial charge in [0, 0.05) is 32.0 Å². The van der Waals surface area contributed by atoms with Gasteiger partial charge in [0.25, 0.3) is 0 Å². The molecule has 0 saturated carbocycles. The van der Waals surface area contributed by atoms with Gasteiger partial charge in [0.2, 0.25) is 15.9 Å². The smallest absolute Gasteiger partial charge is 0.385 e. The van der Waals surface area contributed by atoms with E-state index in [-0.39, 0.29) is 35.5 Å². The lowest BCUT2D eigenvalue weighted by molar-refractivity contribution is -0.141. The van der Waals surface area contributed by atoms with Gasteiger partial charge < -0.3 is 10.1 Å². The Morgan fingerprint density at radius 2 is 2.00 bits per heavy atom. The van der Waals surface area contributed by atoms with Gasteiger partial charge in [-0.2, -0.15) is 13.2 Å². The second kappa shape index (κ2) is 11.8. The van der Waals surface area contributed by atoms with Crippen LogP contribution in [0.15, 0.2) is 30.3 Å². The number of halogens is 4. The van der Waals surface area contributed by atoms with E-state index in [1.54, 1.807) is 0 Å². The highest BCUT2D eigenvalue weighted by atomic mass is 32.2. The molecule has 2 aromatic rings. The number of anilines is 1. The highest BCUT2D eigenvalue weighted by molar-refractivity contribution is 7.92. The quantitative estimate of drug-likeness (QED) is 0.219. The molecular formula is C23H23F4N3O4S. The Morgan fingerprint density at radius 1 is 1.29 bits per heavy atom. The van der Waals surface area contributed by atoms with E-state index in [0.717, 1.165) is 24.5 Å². The van der Waals surface area contributed by atoms with Crippen LogP contribution in [0.3, 0.4) is 0 Å². The number of terminal acetylenes is 1. The van der Waals surface area contributed by atoms with Gasteiger partial charge in [-0.15, -0.1) is 6.42 Å². The maximum Gasteiger partial charge on any atom is 0.433 e. The Balaban J connectivity index is 2.15. The Hall–Kier alpha value is -3.43. The highest BCUT2D eigenvalue weighted by Crippen LogP contribution is 2.29. The summed E-state index contributed by atoms with van der Waals surface area (Å²) >= 11 is 0. The molecule has 0 aliphatic carbocycles. The van der Waals surface area contributed by atoms with Crippen LogP contribution in [0.4, 0.5) is 23.2 Å². The van der Waals surface area contributed by atoms with Crippen LogP contribution in [-0.4, -0.2) is 39.3 Å². The number of nitrogens with zero attached hydrogens (tertiary/aromatic N) is 1. The average Bonchev–Trinajstić information content (AvgIpc) is 2.76. The molecular weight excluding hydrogens is 490 g/mol. The van der Waals surface area contributed by atoms with Crippen LogP contribution >= 0.6 is 0 Å². The van der Waals surface area contributed by atoms with Gasteiger partial charge in [0.05, 0.1) is 17.5 Å². The summed E-state index contributed by atoms with van der Waals surface area (Å²) in [5.41, 5.74) is -0.691. The highest BCUT2D eigenvalue weighted by Gasteiger charge is 2.32. The topological polar surface area (TPSA) is 97.4 Å². The molecule has 0 bridgehead atoms. The van der Waals surface area contributed by atoms with Crippen molar-refractivity contribution in [3.05, 3.63) is 64.2 Å². The third-order valence-electron chi connectivity index (χ3n) is 4.54. The van der Waals surface area contributed by atoms with Crippen LogP contribution < -0.4 is 10.0 Å². The molecule has 35 heavy (non-hydrogen) atoms. The monoisotopic (exact) mass is 513 g/mol. The molecule has 1 aromatic heterocycles. The van der Waals surface area contributed by atoms with Gasteiger partial charge in [-0.1, -0.05) is 12.0 Å². The summed E-state index contributed by atoms with van der Waals surface area (Å²) in [7, 11) is -2.29. The standard InChI is InChI=1S/C23H23F4N3O4S/c1-4-16-12-15(13-18(24)22(16)30-35(3,32)33)14-28-21(31)10-8-17-7-9-20(23(25,26)27)29-19(17)6-5-11-34-2/h1,7-10,12-13,30H,5-6,11,14H2,2-3H3,(H,28,31). The number of methoxy groups -OCH3 is 1. The minimum absolute atomic E-state index is 0.0493. The number of hydrogen-bond acceptors (Lipinski definition) is 5. The van der Waals surface area contributed by atoms with E-state index in [1.807, 2.05) is 4.72 Å². The first-order valence-electron chi connectivity index (χ1n) is 10.1. The Morgan fingerprint density at radius 3 is 2.60 bits per heavy atom. The summed E-state index contributed by atoms with van der Waals surface area (Å²) in [5, 5.41) is 2.50. The first-order chi connectivity index (χ1) is 16.3. The first-order valence-corrected chi connectivity index (χ1v) is 12.0. The van der Waals surface area contributed by atoms with Crippen molar-refractivity contribution >= 4 is 27.7 Å². The van der Waals surface area contributed by atoms with Gasteiger partial charge >= 0.3 is 6.18 Å². The van der Waals surface area contributed by atoms with E-state index in [4.69, 9.17) is 11.2 Å². The lowest BCUT2D eigenvalue weighted by atomic mass is 10.1. The number of alkyl halides is 3. The summed E-state index contributed by atoms with van der Waals surface area (Å²) in [5.74, 6) is 0.669. The molecule has 0 aliphatic heterocycles. The molecule has 2 N–H and O–H groups in total. The molecule has 0 aliphatic rings. The number of aryl methyl sites for hydroxylation is 1. The molecule has 1 aromatic carbocycles. The molecule has 0 spiro atoms. The van der Waals surface area contributed by atoms with E-state index in [9.17, 15) is 30.8 Å². The fraction of sp³-hybridized carbons (Fsp3) is 0.304. The van der Waals surface area contributed by atoms with E-state index < -0.39 is 33.6 Å². The molecule has 0 saturated heterocycles. The number of nitrogens with one attached hydrogen (secondary N) is 2. The third kappa shape index (κ3) is 8.70. The largest absolute Gasteiger partial charge is 0.433 e. The minimum atomic E-state index is -4.60. The van der Waals surface area contributed by atoms with Gasteiger partial charge in [-0.25, -0.2) is 17.8 Å². The van der Waals surface area contributed by atoms with Gasteiger partial charge in [-0.3, -0.25) is 9.52 Å². The van der Waals surface area contributed by atoms with E-state index >= 15 is 0 Å². The zero-order chi connectivity index (χ0) is 26.2. The van der Waals surface area contributed by atoms with Gasteiger partial charge in [0.15, 0.2) is 0 Å². The van der Waals surface area contributed by atoms with E-state index in [0.29, 0.717) is 18.6 Å². The summed E-state index contributed by atoms with van der Waals surface area (Å²) in [6, 6.07) is 4.41. The average molecular weight is 514 g/mol. The first kappa shape index (κ1) is 27.8. The molecule has 1 heterocycles. The normalized spacial score (nSPS) is 11.9. The SMILES string of the molecule is C#Cc1cc(CNC(=O)C=Cc2ccc(C(F)(F)F)nc2CCCOC)cc(F)c1NS(C)(=O)=O. The van der Waals surface area contributed by atoms with Crippen LogP contribution in [0, 0.1) is 18.2 Å². The molecule has 1 amide bonds.